The highest BCUT2D eigenvalue weighted by Crippen LogP contribution is 1.91. The molecule has 4 heteroatoms. The normalized spacial score (nSPS) is 11.6. The molecule has 0 radical (unpaired) electrons. The van der Waals surface area contributed by atoms with Crippen molar-refractivity contribution in [2.45, 2.75) is 39.8 Å². The zero-order chi connectivity index (χ0) is 10.1. The number of aliphatic hydroxyl groups excluding tert-OH is 1. The Morgan fingerprint density at radius 2 is 1.92 bits per heavy atom. The molecule has 12 heavy (non-hydrogen) atoms. The van der Waals surface area contributed by atoms with Crippen LogP contribution in [0.15, 0.2) is 0 Å². The average Bonchev–Trinajstić information content (AvgIpc) is 2.05. The van der Waals surface area contributed by atoms with Gasteiger partial charge in [0.05, 0.1) is 12.7 Å². The molecule has 0 aromatic rings. The molecule has 0 aliphatic heterocycles. The van der Waals surface area contributed by atoms with E-state index in [4.69, 9.17) is 10.8 Å². The summed E-state index contributed by atoms with van der Waals surface area (Å²) in [4.78, 5) is 10.7. The van der Waals surface area contributed by atoms with Crippen LogP contribution in [0.3, 0.4) is 0 Å². The van der Waals surface area contributed by atoms with E-state index in [0.717, 1.165) is 0 Å². The van der Waals surface area contributed by atoms with Gasteiger partial charge in [0.25, 0.3) is 0 Å². The van der Waals surface area contributed by atoms with Crippen molar-refractivity contribution < 1.29 is 14.6 Å². The second-order valence-electron chi connectivity index (χ2n) is 2.27. The monoisotopic (exact) mass is 177 g/mol. The Morgan fingerprint density at radius 3 is 2.17 bits per heavy atom. The maximum atomic E-state index is 10.7. The molecule has 0 heterocycles. The van der Waals surface area contributed by atoms with Crippen molar-refractivity contribution in [3.63, 3.8) is 0 Å². The van der Waals surface area contributed by atoms with Crippen molar-refractivity contribution in [1.82, 2.24) is 0 Å². The lowest BCUT2D eigenvalue weighted by atomic mass is 10.3. The molecule has 0 spiro atoms. The van der Waals surface area contributed by atoms with Gasteiger partial charge in [-0.05, 0) is 13.8 Å². The number of carbonyl (C=O) groups excluding carboxylic acids is 1. The van der Waals surface area contributed by atoms with E-state index < -0.39 is 12.0 Å². The van der Waals surface area contributed by atoms with E-state index in [9.17, 15) is 4.79 Å². The summed E-state index contributed by atoms with van der Waals surface area (Å²) in [5.41, 5.74) is 5.14. The van der Waals surface area contributed by atoms with E-state index in [-0.39, 0.29) is 12.7 Å². The second-order valence-corrected chi connectivity index (χ2v) is 2.27. The smallest absolute Gasteiger partial charge is 0.325 e. The summed E-state index contributed by atoms with van der Waals surface area (Å²) in [5, 5.41) is 8.39. The highest BCUT2D eigenvalue weighted by molar-refractivity contribution is 5.75. The molecule has 0 amide bonds. The van der Waals surface area contributed by atoms with Crippen molar-refractivity contribution in [3.8, 4) is 0 Å². The molecule has 0 aromatic carbocycles. The number of esters is 1. The van der Waals surface area contributed by atoms with Crippen molar-refractivity contribution in [1.29, 1.82) is 0 Å². The summed E-state index contributed by atoms with van der Waals surface area (Å²) in [6.07, 6.45) is -0.176. The second kappa shape index (κ2) is 8.49. The van der Waals surface area contributed by atoms with Gasteiger partial charge in [0.2, 0.25) is 0 Å². The first-order valence-corrected chi connectivity index (χ1v) is 4.15. The zero-order valence-corrected chi connectivity index (χ0v) is 8.20. The molecule has 0 aliphatic carbocycles. The van der Waals surface area contributed by atoms with Gasteiger partial charge < -0.3 is 15.6 Å². The third kappa shape index (κ3) is 7.50. The fraction of sp³-hybridized carbons (Fsp3) is 0.875. The minimum atomic E-state index is -0.901. The summed E-state index contributed by atoms with van der Waals surface area (Å²) in [6, 6.07) is -0.901. The first-order chi connectivity index (χ1) is 5.57. The number of rotatable bonds is 3. The largest absolute Gasteiger partial charge is 0.462 e. The van der Waals surface area contributed by atoms with Crippen LogP contribution in [-0.4, -0.2) is 29.8 Å². The van der Waals surface area contributed by atoms with Gasteiger partial charge in [-0.1, -0.05) is 13.8 Å². The van der Waals surface area contributed by atoms with Crippen LogP contribution >= 0.6 is 0 Å². The van der Waals surface area contributed by atoms with Crippen molar-refractivity contribution >= 4 is 5.97 Å². The maximum Gasteiger partial charge on any atom is 0.325 e. The van der Waals surface area contributed by atoms with Gasteiger partial charge in [-0.3, -0.25) is 4.79 Å². The van der Waals surface area contributed by atoms with Crippen molar-refractivity contribution in [2.75, 3.05) is 6.61 Å². The highest BCUT2D eigenvalue weighted by Gasteiger charge is 2.14. The molecule has 1 unspecified atom stereocenters. The zero-order valence-electron chi connectivity index (χ0n) is 8.20. The quantitative estimate of drug-likeness (QED) is 0.607. The number of hydrogen-bond acceptors (Lipinski definition) is 4. The molecule has 0 fully saturated rings. The molecular weight excluding hydrogens is 158 g/mol. The van der Waals surface area contributed by atoms with Gasteiger partial charge in [-0.25, -0.2) is 0 Å². The van der Waals surface area contributed by atoms with Crippen LogP contribution in [0.1, 0.15) is 27.7 Å². The molecular formula is C8H19NO3. The lowest BCUT2D eigenvalue weighted by Gasteiger charge is -2.10. The van der Waals surface area contributed by atoms with Crippen LogP contribution in [0, 0.1) is 0 Å². The fourth-order valence-electron chi connectivity index (χ4n) is 0.394. The highest BCUT2D eigenvalue weighted by atomic mass is 16.5. The number of nitrogens with two attached hydrogens (primary N) is 1. The van der Waals surface area contributed by atoms with Crippen LogP contribution in [0.2, 0.25) is 0 Å². The van der Waals surface area contributed by atoms with E-state index in [1.807, 2.05) is 13.8 Å². The Bertz CT molecular complexity index is 115. The molecule has 3 N–H and O–H groups in total. The van der Waals surface area contributed by atoms with Crippen LogP contribution < -0.4 is 5.73 Å². The minimum Gasteiger partial charge on any atom is -0.462 e. The van der Waals surface area contributed by atoms with E-state index in [2.05, 4.69) is 4.74 Å². The minimum absolute atomic E-state index is 0.176. The average molecular weight is 177 g/mol. The predicted octanol–water partition coefficient (Wildman–Crippen LogP) is 0.284. The summed E-state index contributed by atoms with van der Waals surface area (Å²) >= 11 is 0. The van der Waals surface area contributed by atoms with Gasteiger partial charge in [0, 0.05) is 0 Å². The molecule has 0 saturated heterocycles. The molecule has 74 valence electrons. The number of aliphatic hydroxyl groups is 1. The summed E-state index contributed by atoms with van der Waals surface area (Å²) in [7, 11) is 0. The van der Waals surface area contributed by atoms with E-state index in [1.165, 1.54) is 0 Å². The molecule has 0 rings (SSSR count). The van der Waals surface area contributed by atoms with Crippen LogP contribution in [0.5, 0.6) is 0 Å². The molecule has 0 saturated carbocycles. The topological polar surface area (TPSA) is 72.5 Å². The molecule has 0 aliphatic rings. The Labute approximate surface area is 73.7 Å². The van der Waals surface area contributed by atoms with Crippen molar-refractivity contribution in [2.24, 2.45) is 5.73 Å². The molecule has 0 bridgehead atoms. The Kier molecular flexibility index (Phi) is 9.86. The standard InChI is InChI=1S/C6H13NO3.C2H6/c1-4(2)10-6(9)5(7)3-8;1-2/h4-5,8H,3,7H2,1-2H3;1-2H3. The maximum absolute atomic E-state index is 10.7. The first kappa shape index (κ1) is 13.9. The molecule has 0 aromatic heterocycles. The molecule has 1 atom stereocenters. The van der Waals surface area contributed by atoms with Gasteiger partial charge >= 0.3 is 5.97 Å². The fourth-order valence-corrected chi connectivity index (χ4v) is 0.394. The van der Waals surface area contributed by atoms with Gasteiger partial charge in [0.1, 0.15) is 6.04 Å². The van der Waals surface area contributed by atoms with Crippen LogP contribution in [-0.2, 0) is 9.53 Å². The van der Waals surface area contributed by atoms with Gasteiger partial charge in [0.15, 0.2) is 0 Å². The van der Waals surface area contributed by atoms with E-state index in [1.54, 1.807) is 13.8 Å². The summed E-state index contributed by atoms with van der Waals surface area (Å²) in [6.45, 7) is 7.08. The Balaban J connectivity index is 0. The van der Waals surface area contributed by atoms with E-state index >= 15 is 0 Å². The third-order valence-electron chi connectivity index (χ3n) is 0.851. The third-order valence-corrected chi connectivity index (χ3v) is 0.851. The van der Waals surface area contributed by atoms with Gasteiger partial charge in [-0.2, -0.15) is 0 Å². The van der Waals surface area contributed by atoms with Crippen LogP contribution in [0.25, 0.3) is 0 Å². The number of ether oxygens (including phenoxy) is 1. The Hall–Kier alpha value is -0.610. The summed E-state index contributed by atoms with van der Waals surface area (Å²) < 4.78 is 4.68. The number of carbonyl (C=O) groups is 1. The lowest BCUT2D eigenvalue weighted by molar-refractivity contribution is -0.149. The van der Waals surface area contributed by atoms with Crippen LogP contribution in [0.4, 0.5) is 0 Å². The Morgan fingerprint density at radius 1 is 1.50 bits per heavy atom. The SMILES string of the molecule is CC.CC(C)OC(=O)C(N)CO. The van der Waals surface area contributed by atoms with Crippen molar-refractivity contribution in [3.05, 3.63) is 0 Å². The first-order valence-electron chi connectivity index (χ1n) is 4.15. The molecule has 4 nitrogen and oxygen atoms in total. The van der Waals surface area contributed by atoms with E-state index in [0.29, 0.717) is 0 Å². The number of hydrogen-bond donors (Lipinski definition) is 2. The van der Waals surface area contributed by atoms with Gasteiger partial charge in [-0.15, -0.1) is 0 Å². The summed E-state index contributed by atoms with van der Waals surface area (Å²) in [5.74, 6) is -0.558. The lowest BCUT2D eigenvalue weighted by Crippen LogP contribution is -2.36. The predicted molar refractivity (Wildman–Crippen MR) is 47.6 cm³/mol.